The number of hydrogen-bond donors (Lipinski definition) is 2. The molecule has 2 N–H and O–H groups in total. The number of carboxylic acid groups (broad SMARTS) is 1. The molecule has 1 atom stereocenters. The molecule has 0 fully saturated rings. The Morgan fingerprint density at radius 2 is 2.00 bits per heavy atom. The second-order valence-electron chi connectivity index (χ2n) is 5.18. The number of hydrogen-bond acceptors (Lipinski definition) is 3. The van der Waals surface area contributed by atoms with E-state index in [1.165, 1.54) is 0 Å². The van der Waals surface area contributed by atoms with Crippen LogP contribution in [-0.4, -0.2) is 27.0 Å². The van der Waals surface area contributed by atoms with Crippen molar-refractivity contribution in [1.29, 1.82) is 0 Å². The molecule has 0 spiro atoms. The predicted molar refractivity (Wildman–Crippen MR) is 82.5 cm³/mol. The fraction of sp³-hybridized carbons (Fsp3) is 0.125. The number of carboxylic acids is 1. The molecule has 23 heavy (non-hydrogen) atoms. The van der Waals surface area contributed by atoms with Gasteiger partial charge >= 0.3 is 5.97 Å². The average molecular weight is 380 g/mol. The van der Waals surface area contributed by atoms with Crippen molar-refractivity contribution in [3.8, 4) is 5.75 Å². The standard InChI is InChI=1S/C16H11BrFNO4/c17-9-2-1-8-7-19(15(21)11(8)5-9)14(16(22)23)12-6-10(18)3-4-13(12)20/h1-6,14,20H,7H2,(H,22,23)/t14-/m1/s1. The molecule has 0 radical (unpaired) electrons. The molecule has 7 heteroatoms. The summed E-state index contributed by atoms with van der Waals surface area (Å²) in [6, 6.07) is 6.65. The van der Waals surface area contributed by atoms with Gasteiger partial charge in [-0.05, 0) is 35.9 Å². The third kappa shape index (κ3) is 2.68. The fourth-order valence-electron chi connectivity index (χ4n) is 2.68. The Hall–Kier alpha value is -2.41. The van der Waals surface area contributed by atoms with Gasteiger partial charge < -0.3 is 15.1 Å². The van der Waals surface area contributed by atoms with E-state index in [0.29, 0.717) is 15.6 Å². The number of halogens is 2. The zero-order valence-electron chi connectivity index (χ0n) is 11.7. The maximum atomic E-state index is 13.5. The molecule has 0 saturated carbocycles. The lowest BCUT2D eigenvalue weighted by Crippen LogP contribution is -2.34. The molecule has 5 nitrogen and oxygen atoms in total. The summed E-state index contributed by atoms with van der Waals surface area (Å²) in [5.41, 5.74) is 0.916. The van der Waals surface area contributed by atoms with Gasteiger partial charge in [-0.1, -0.05) is 22.0 Å². The molecular formula is C16H11BrFNO4. The van der Waals surface area contributed by atoms with Crippen LogP contribution in [0.4, 0.5) is 4.39 Å². The van der Waals surface area contributed by atoms with Crippen molar-refractivity contribution in [3.63, 3.8) is 0 Å². The van der Waals surface area contributed by atoms with Crippen LogP contribution in [-0.2, 0) is 11.3 Å². The van der Waals surface area contributed by atoms with E-state index in [0.717, 1.165) is 23.1 Å². The fourth-order valence-corrected chi connectivity index (χ4v) is 3.04. The maximum absolute atomic E-state index is 13.5. The van der Waals surface area contributed by atoms with Crippen molar-refractivity contribution in [2.45, 2.75) is 12.6 Å². The molecule has 0 aliphatic carbocycles. The second-order valence-corrected chi connectivity index (χ2v) is 6.09. The maximum Gasteiger partial charge on any atom is 0.331 e. The summed E-state index contributed by atoms with van der Waals surface area (Å²) >= 11 is 3.27. The second kappa shape index (κ2) is 5.66. The van der Waals surface area contributed by atoms with Gasteiger partial charge in [-0.3, -0.25) is 4.79 Å². The van der Waals surface area contributed by atoms with E-state index in [1.807, 2.05) is 0 Å². The molecule has 1 heterocycles. The minimum atomic E-state index is -1.47. The van der Waals surface area contributed by atoms with Crippen molar-refractivity contribution in [2.75, 3.05) is 0 Å². The largest absolute Gasteiger partial charge is 0.508 e. The van der Waals surface area contributed by atoms with Crippen LogP contribution >= 0.6 is 15.9 Å². The van der Waals surface area contributed by atoms with Gasteiger partial charge in [0.15, 0.2) is 6.04 Å². The molecule has 118 valence electrons. The molecule has 1 aliphatic heterocycles. The third-order valence-electron chi connectivity index (χ3n) is 3.73. The summed E-state index contributed by atoms with van der Waals surface area (Å²) in [6.45, 7) is 0.0777. The first-order valence-corrected chi connectivity index (χ1v) is 7.48. The van der Waals surface area contributed by atoms with Gasteiger partial charge in [0.2, 0.25) is 0 Å². The smallest absolute Gasteiger partial charge is 0.331 e. The summed E-state index contributed by atoms with van der Waals surface area (Å²) in [4.78, 5) is 25.3. The van der Waals surface area contributed by atoms with Crippen molar-refractivity contribution < 1.29 is 24.2 Å². The topological polar surface area (TPSA) is 77.8 Å². The molecule has 0 bridgehead atoms. The van der Waals surface area contributed by atoms with E-state index in [9.17, 15) is 24.2 Å². The van der Waals surface area contributed by atoms with E-state index >= 15 is 0 Å². The normalized spacial score (nSPS) is 14.7. The number of benzene rings is 2. The lowest BCUT2D eigenvalue weighted by molar-refractivity contribution is -0.142. The van der Waals surface area contributed by atoms with Crippen LogP contribution in [0.1, 0.15) is 27.5 Å². The van der Waals surface area contributed by atoms with Crippen molar-refractivity contribution in [3.05, 3.63) is 63.4 Å². The van der Waals surface area contributed by atoms with Gasteiger partial charge in [-0.2, -0.15) is 0 Å². The first kappa shape index (κ1) is 15.5. The van der Waals surface area contributed by atoms with Crippen LogP contribution in [0.3, 0.4) is 0 Å². The molecule has 0 unspecified atom stereocenters. The molecule has 1 amide bonds. The number of phenols is 1. The number of carbonyl (C=O) groups excluding carboxylic acids is 1. The summed E-state index contributed by atoms with van der Waals surface area (Å²) in [5, 5.41) is 19.4. The molecule has 2 aromatic rings. The lowest BCUT2D eigenvalue weighted by Gasteiger charge is -2.25. The van der Waals surface area contributed by atoms with Gasteiger partial charge in [0, 0.05) is 22.1 Å². The number of aromatic hydroxyl groups is 1. The van der Waals surface area contributed by atoms with Gasteiger partial charge in [0.1, 0.15) is 11.6 Å². The predicted octanol–water partition coefficient (Wildman–Crippen LogP) is 3.08. The number of rotatable bonds is 3. The quantitative estimate of drug-likeness (QED) is 0.858. The Bertz CT molecular complexity index is 824. The van der Waals surface area contributed by atoms with Crippen LogP contribution in [0.5, 0.6) is 5.75 Å². The first-order valence-electron chi connectivity index (χ1n) is 6.69. The number of nitrogens with zero attached hydrogens (tertiary/aromatic N) is 1. The monoisotopic (exact) mass is 379 g/mol. The Morgan fingerprint density at radius 1 is 1.26 bits per heavy atom. The van der Waals surface area contributed by atoms with Crippen molar-refractivity contribution in [2.24, 2.45) is 0 Å². The Balaban J connectivity index is 2.06. The van der Waals surface area contributed by atoms with E-state index < -0.39 is 23.7 Å². The van der Waals surface area contributed by atoms with E-state index in [4.69, 9.17) is 0 Å². The Labute approximate surface area is 139 Å². The highest BCUT2D eigenvalue weighted by molar-refractivity contribution is 9.10. The summed E-state index contributed by atoms with van der Waals surface area (Å²) in [5.74, 6) is -2.87. The van der Waals surface area contributed by atoms with Gasteiger partial charge in [-0.15, -0.1) is 0 Å². The van der Waals surface area contributed by atoms with Crippen LogP contribution in [0.2, 0.25) is 0 Å². The SMILES string of the molecule is O=C(O)[C@@H](c1cc(F)ccc1O)N1Cc2ccc(Br)cc2C1=O. The van der Waals surface area contributed by atoms with E-state index in [-0.39, 0.29) is 17.9 Å². The highest BCUT2D eigenvalue weighted by atomic mass is 79.9. The summed E-state index contributed by atoms with van der Waals surface area (Å²) in [7, 11) is 0. The lowest BCUT2D eigenvalue weighted by atomic mass is 10.0. The Kier molecular flexibility index (Phi) is 3.81. The van der Waals surface area contributed by atoms with Crippen LogP contribution in [0.15, 0.2) is 40.9 Å². The van der Waals surface area contributed by atoms with Crippen LogP contribution < -0.4 is 0 Å². The molecule has 1 aliphatic rings. The Morgan fingerprint density at radius 3 is 2.70 bits per heavy atom. The minimum absolute atomic E-state index is 0.0777. The van der Waals surface area contributed by atoms with Gasteiger partial charge in [0.25, 0.3) is 5.91 Å². The molecule has 0 saturated heterocycles. The average Bonchev–Trinajstić information content (AvgIpc) is 2.80. The molecule has 3 rings (SSSR count). The zero-order valence-corrected chi connectivity index (χ0v) is 13.2. The van der Waals surface area contributed by atoms with Crippen LogP contribution in [0, 0.1) is 5.82 Å². The highest BCUT2D eigenvalue weighted by Crippen LogP contribution is 2.36. The summed E-state index contributed by atoms with van der Waals surface area (Å²) < 4.78 is 14.2. The number of amides is 1. The molecule has 0 aromatic heterocycles. The van der Waals surface area contributed by atoms with Crippen molar-refractivity contribution >= 4 is 27.8 Å². The summed E-state index contributed by atoms with van der Waals surface area (Å²) in [6.07, 6.45) is 0. The number of aliphatic carboxylic acids is 1. The number of fused-ring (bicyclic) bond motifs is 1. The van der Waals surface area contributed by atoms with Crippen molar-refractivity contribution in [1.82, 2.24) is 4.90 Å². The molecule has 2 aromatic carbocycles. The minimum Gasteiger partial charge on any atom is -0.508 e. The van der Waals surface area contributed by atoms with Crippen LogP contribution in [0.25, 0.3) is 0 Å². The van der Waals surface area contributed by atoms with Gasteiger partial charge in [0.05, 0.1) is 0 Å². The van der Waals surface area contributed by atoms with E-state index in [1.54, 1.807) is 18.2 Å². The zero-order chi connectivity index (χ0) is 16.7. The van der Waals surface area contributed by atoms with E-state index in [2.05, 4.69) is 15.9 Å². The first-order chi connectivity index (χ1) is 10.9. The highest BCUT2D eigenvalue weighted by Gasteiger charge is 2.38. The third-order valence-corrected chi connectivity index (χ3v) is 4.23. The number of phenolic OH excluding ortho intramolecular Hbond substituents is 1. The molecular weight excluding hydrogens is 369 g/mol. The van der Waals surface area contributed by atoms with Gasteiger partial charge in [-0.25, -0.2) is 9.18 Å². The number of carbonyl (C=O) groups is 2.